The zero-order valence-electron chi connectivity index (χ0n) is 15.9. The highest BCUT2D eigenvalue weighted by Gasteiger charge is 2.19. The summed E-state index contributed by atoms with van der Waals surface area (Å²) in [6, 6.07) is 8.02. The third-order valence-electron chi connectivity index (χ3n) is 4.13. The van der Waals surface area contributed by atoms with Crippen molar-refractivity contribution in [3.8, 4) is 5.69 Å². The van der Waals surface area contributed by atoms with E-state index in [0.717, 1.165) is 12.1 Å². The second kappa shape index (κ2) is 8.43. The van der Waals surface area contributed by atoms with E-state index in [4.69, 9.17) is 0 Å². The normalized spacial score (nSPS) is 11.6. The molecule has 0 spiro atoms. The van der Waals surface area contributed by atoms with Gasteiger partial charge in [-0.05, 0) is 48.5 Å². The van der Waals surface area contributed by atoms with Crippen molar-refractivity contribution in [2.24, 2.45) is 0 Å². The van der Waals surface area contributed by atoms with Gasteiger partial charge in [-0.15, -0.1) is 5.10 Å². The van der Waals surface area contributed by atoms with Gasteiger partial charge in [0, 0.05) is 23.4 Å². The number of carbonyl (C=O) groups excluding carboxylic acids is 2. The van der Waals surface area contributed by atoms with Crippen LogP contribution in [0.15, 0.2) is 42.5 Å². The molecule has 0 fully saturated rings. The Morgan fingerprint density at radius 3 is 2.67 bits per heavy atom. The van der Waals surface area contributed by atoms with Crippen LogP contribution in [-0.4, -0.2) is 43.0 Å². The van der Waals surface area contributed by atoms with Crippen LogP contribution < -0.4 is 10.6 Å². The number of hydrogen-bond donors (Lipinski definition) is 2. The average Bonchev–Trinajstić information content (AvgIpc) is 3.15. The molecule has 0 bridgehead atoms. The van der Waals surface area contributed by atoms with Gasteiger partial charge in [0.25, 0.3) is 11.6 Å². The number of benzene rings is 2. The zero-order chi connectivity index (χ0) is 21.8. The second-order valence-electron chi connectivity index (χ2n) is 6.30. The molecule has 3 aromatic rings. The van der Waals surface area contributed by atoms with Crippen LogP contribution in [-0.2, 0) is 4.79 Å². The molecule has 3 rings (SSSR count). The Morgan fingerprint density at radius 2 is 2.00 bits per heavy atom. The summed E-state index contributed by atoms with van der Waals surface area (Å²) < 4.78 is 15.3. The lowest BCUT2D eigenvalue weighted by Gasteiger charge is -2.15. The quantitative estimate of drug-likeness (QED) is 0.463. The number of aryl methyl sites for hydroxylation is 1. The first-order chi connectivity index (χ1) is 14.3. The first-order valence-electron chi connectivity index (χ1n) is 8.67. The molecule has 0 saturated carbocycles. The summed E-state index contributed by atoms with van der Waals surface area (Å²) in [4.78, 5) is 34.9. The number of amides is 2. The second-order valence-corrected chi connectivity index (χ2v) is 6.30. The maximum atomic E-state index is 14.1. The molecule has 2 N–H and O–H groups in total. The molecule has 0 radical (unpaired) electrons. The molecule has 1 unspecified atom stereocenters. The van der Waals surface area contributed by atoms with Crippen molar-refractivity contribution < 1.29 is 18.9 Å². The molecule has 0 aliphatic carbocycles. The fourth-order valence-corrected chi connectivity index (χ4v) is 2.56. The highest BCUT2D eigenvalue weighted by molar-refractivity contribution is 6.01. The summed E-state index contributed by atoms with van der Waals surface area (Å²) in [5.41, 5.74) is 0.116. The van der Waals surface area contributed by atoms with E-state index in [0.29, 0.717) is 5.82 Å². The largest absolute Gasteiger partial charge is 0.341 e. The predicted octanol–water partition coefficient (Wildman–Crippen LogP) is 1.78. The molecule has 2 aromatic carbocycles. The summed E-state index contributed by atoms with van der Waals surface area (Å²) >= 11 is 0. The van der Waals surface area contributed by atoms with E-state index >= 15 is 0 Å². The maximum Gasteiger partial charge on any atom is 0.270 e. The number of nitro groups is 1. The average molecular weight is 413 g/mol. The molecule has 0 aliphatic heterocycles. The van der Waals surface area contributed by atoms with E-state index in [1.54, 1.807) is 6.92 Å². The summed E-state index contributed by atoms with van der Waals surface area (Å²) in [7, 11) is 0. The van der Waals surface area contributed by atoms with Crippen molar-refractivity contribution in [3.05, 3.63) is 69.8 Å². The molecule has 0 aliphatic rings. The lowest BCUT2D eigenvalue weighted by molar-refractivity contribution is -0.384. The van der Waals surface area contributed by atoms with Crippen molar-refractivity contribution in [1.29, 1.82) is 0 Å². The van der Waals surface area contributed by atoms with E-state index in [-0.39, 0.29) is 22.6 Å². The van der Waals surface area contributed by atoms with Gasteiger partial charge in [-0.2, -0.15) is 4.68 Å². The van der Waals surface area contributed by atoms with Crippen LogP contribution in [0.25, 0.3) is 5.69 Å². The number of tetrazole rings is 1. The Bertz CT molecular complexity index is 1130. The van der Waals surface area contributed by atoms with Gasteiger partial charge in [0.05, 0.1) is 4.92 Å². The number of anilines is 1. The number of hydrogen-bond acceptors (Lipinski definition) is 7. The van der Waals surface area contributed by atoms with Gasteiger partial charge in [0.2, 0.25) is 5.91 Å². The highest BCUT2D eigenvalue weighted by Crippen LogP contribution is 2.19. The monoisotopic (exact) mass is 413 g/mol. The van der Waals surface area contributed by atoms with Crippen LogP contribution in [0.3, 0.4) is 0 Å². The number of non-ortho nitro benzene ring substituents is 1. The topological polar surface area (TPSA) is 145 Å². The van der Waals surface area contributed by atoms with Crippen molar-refractivity contribution in [2.45, 2.75) is 19.9 Å². The summed E-state index contributed by atoms with van der Waals surface area (Å²) in [6.07, 6.45) is 0. The van der Waals surface area contributed by atoms with Crippen molar-refractivity contribution in [2.75, 3.05) is 5.32 Å². The van der Waals surface area contributed by atoms with Crippen LogP contribution in [0.2, 0.25) is 0 Å². The molecule has 11 nitrogen and oxygen atoms in total. The Hall–Kier alpha value is -4.22. The van der Waals surface area contributed by atoms with Crippen molar-refractivity contribution in [3.63, 3.8) is 0 Å². The lowest BCUT2D eigenvalue weighted by atomic mass is 10.1. The minimum absolute atomic E-state index is 0.0436. The van der Waals surface area contributed by atoms with E-state index in [9.17, 15) is 24.1 Å². The van der Waals surface area contributed by atoms with Crippen molar-refractivity contribution in [1.82, 2.24) is 25.5 Å². The number of nitrogens with zero attached hydrogens (tertiary/aromatic N) is 5. The number of halogens is 1. The Balaban J connectivity index is 1.70. The highest BCUT2D eigenvalue weighted by atomic mass is 19.1. The Morgan fingerprint density at radius 1 is 1.23 bits per heavy atom. The van der Waals surface area contributed by atoms with Gasteiger partial charge in [-0.3, -0.25) is 19.7 Å². The standard InChI is InChI=1S/C18H16FN7O4/c1-10(20-18(28)12-4-3-5-14(8-12)26(29)30)17(27)21-13-6-7-15(19)16(9-13)25-11(2)22-23-24-25/h3-10H,1-2H3,(H,20,28)(H,21,27). The summed E-state index contributed by atoms with van der Waals surface area (Å²) in [5, 5.41) is 26.7. The maximum absolute atomic E-state index is 14.1. The van der Waals surface area contributed by atoms with Gasteiger partial charge < -0.3 is 10.6 Å². The van der Waals surface area contributed by atoms with Gasteiger partial charge in [0.15, 0.2) is 5.82 Å². The fourth-order valence-electron chi connectivity index (χ4n) is 2.56. The first-order valence-corrected chi connectivity index (χ1v) is 8.67. The summed E-state index contributed by atoms with van der Waals surface area (Å²) in [5.74, 6) is -1.45. The summed E-state index contributed by atoms with van der Waals surface area (Å²) in [6.45, 7) is 3.04. The van der Waals surface area contributed by atoms with E-state index in [1.807, 2.05) is 0 Å². The molecule has 1 atom stereocenters. The van der Waals surface area contributed by atoms with Gasteiger partial charge in [-0.1, -0.05) is 6.07 Å². The van der Waals surface area contributed by atoms with E-state index < -0.39 is 28.6 Å². The van der Waals surface area contributed by atoms with Crippen LogP contribution in [0, 0.1) is 22.9 Å². The molecule has 30 heavy (non-hydrogen) atoms. The predicted molar refractivity (Wildman–Crippen MR) is 103 cm³/mol. The van der Waals surface area contributed by atoms with Crippen LogP contribution >= 0.6 is 0 Å². The number of aromatic nitrogens is 4. The zero-order valence-corrected chi connectivity index (χ0v) is 15.9. The van der Waals surface area contributed by atoms with Gasteiger partial charge >= 0.3 is 0 Å². The minimum atomic E-state index is -0.972. The Labute approximate surface area is 169 Å². The first kappa shape index (κ1) is 20.5. The molecular weight excluding hydrogens is 397 g/mol. The van der Waals surface area contributed by atoms with Crippen LogP contribution in [0.5, 0.6) is 0 Å². The third kappa shape index (κ3) is 4.43. The number of rotatable bonds is 6. The number of nitro benzene ring substituents is 1. The minimum Gasteiger partial charge on any atom is -0.341 e. The lowest BCUT2D eigenvalue weighted by Crippen LogP contribution is -2.41. The van der Waals surface area contributed by atoms with E-state index in [2.05, 4.69) is 26.2 Å². The SMILES string of the molecule is Cc1nnnn1-c1cc(NC(=O)C(C)NC(=O)c2cccc([N+](=O)[O-])c2)ccc1F. The Kier molecular flexibility index (Phi) is 5.76. The number of carbonyl (C=O) groups is 2. The molecule has 1 aromatic heterocycles. The third-order valence-corrected chi connectivity index (χ3v) is 4.13. The van der Waals surface area contributed by atoms with E-state index in [1.165, 1.54) is 41.9 Å². The fraction of sp³-hybridized carbons (Fsp3) is 0.167. The van der Waals surface area contributed by atoms with Crippen LogP contribution in [0.4, 0.5) is 15.8 Å². The van der Waals surface area contributed by atoms with Gasteiger partial charge in [0.1, 0.15) is 17.5 Å². The molecule has 154 valence electrons. The molecule has 2 amide bonds. The number of nitrogens with one attached hydrogen (secondary N) is 2. The molecule has 0 saturated heterocycles. The smallest absolute Gasteiger partial charge is 0.270 e. The van der Waals surface area contributed by atoms with Crippen molar-refractivity contribution >= 4 is 23.2 Å². The molecule has 12 heteroatoms. The van der Waals surface area contributed by atoms with Crippen LogP contribution in [0.1, 0.15) is 23.1 Å². The molecular formula is C18H16FN7O4. The van der Waals surface area contributed by atoms with Gasteiger partial charge in [-0.25, -0.2) is 4.39 Å². The molecule has 1 heterocycles.